The molecule has 1 aromatic carbocycles. The maximum atomic E-state index is 14.0. The summed E-state index contributed by atoms with van der Waals surface area (Å²) in [4.78, 5) is 0. The third-order valence-corrected chi connectivity index (χ3v) is 4.77. The van der Waals surface area contributed by atoms with E-state index in [0.29, 0.717) is 0 Å². The summed E-state index contributed by atoms with van der Waals surface area (Å²) in [5.74, 6) is -1.06. The normalized spacial score (nSPS) is 20.3. The first-order valence-electron chi connectivity index (χ1n) is 6.76. The molecule has 0 spiro atoms. The summed E-state index contributed by atoms with van der Waals surface area (Å²) in [6.45, 7) is 1.70. The van der Waals surface area contributed by atoms with Crippen LogP contribution in [0.5, 0.6) is 0 Å². The van der Waals surface area contributed by atoms with Crippen LogP contribution in [0.2, 0.25) is 0 Å². The van der Waals surface area contributed by atoms with Crippen molar-refractivity contribution in [2.24, 2.45) is 5.92 Å². The third-order valence-electron chi connectivity index (χ3n) is 4.16. The van der Waals surface area contributed by atoms with Gasteiger partial charge < -0.3 is 5.11 Å². The minimum absolute atomic E-state index is 0.0226. The van der Waals surface area contributed by atoms with Crippen molar-refractivity contribution in [2.75, 3.05) is 0 Å². The summed E-state index contributed by atoms with van der Waals surface area (Å²) >= 11 is 3.06. The lowest BCUT2D eigenvalue weighted by atomic mass is 9.75. The second kappa shape index (κ2) is 5.88. The van der Waals surface area contributed by atoms with Gasteiger partial charge in [-0.25, -0.2) is 8.78 Å². The second-order valence-electron chi connectivity index (χ2n) is 5.69. The number of hydrogen-bond acceptors (Lipinski definition) is 1. The zero-order valence-electron chi connectivity index (χ0n) is 11.1. The Morgan fingerprint density at radius 2 is 1.89 bits per heavy atom. The molecule has 0 aromatic heterocycles. The number of hydrogen-bond donors (Lipinski definition) is 1. The Bertz CT molecular complexity index is 454. The Morgan fingerprint density at radius 3 is 2.53 bits per heavy atom. The summed E-state index contributed by atoms with van der Waals surface area (Å²) in [7, 11) is 0. The van der Waals surface area contributed by atoms with Gasteiger partial charge in [-0.3, -0.25) is 0 Å². The molecule has 2 rings (SSSR count). The molecule has 0 radical (unpaired) electrons. The van der Waals surface area contributed by atoms with Crippen LogP contribution in [0.4, 0.5) is 8.78 Å². The van der Waals surface area contributed by atoms with Gasteiger partial charge in [0, 0.05) is 12.0 Å². The zero-order valence-corrected chi connectivity index (χ0v) is 12.6. The van der Waals surface area contributed by atoms with Crippen LogP contribution in [0.1, 0.15) is 44.6 Å². The number of rotatable bonds is 3. The lowest BCUT2D eigenvalue weighted by Gasteiger charge is -2.36. The molecule has 1 N–H and O–H groups in total. The summed E-state index contributed by atoms with van der Waals surface area (Å²) in [5, 5.41) is 10.6. The topological polar surface area (TPSA) is 20.2 Å². The largest absolute Gasteiger partial charge is 0.390 e. The number of aliphatic hydroxyl groups is 1. The molecule has 4 heteroatoms. The van der Waals surface area contributed by atoms with Crippen LogP contribution in [-0.2, 0) is 6.42 Å². The molecule has 0 amide bonds. The van der Waals surface area contributed by atoms with Crippen LogP contribution in [-0.4, -0.2) is 10.7 Å². The van der Waals surface area contributed by atoms with Crippen molar-refractivity contribution in [3.63, 3.8) is 0 Å². The zero-order chi connectivity index (χ0) is 14.0. The van der Waals surface area contributed by atoms with Crippen LogP contribution in [0.3, 0.4) is 0 Å². The van der Waals surface area contributed by atoms with Gasteiger partial charge >= 0.3 is 0 Å². The molecule has 0 aliphatic heterocycles. The first-order chi connectivity index (χ1) is 8.92. The predicted molar refractivity (Wildman–Crippen MR) is 75.0 cm³/mol. The Kier molecular flexibility index (Phi) is 4.62. The van der Waals surface area contributed by atoms with E-state index in [-0.39, 0.29) is 22.4 Å². The van der Waals surface area contributed by atoms with E-state index in [2.05, 4.69) is 15.9 Å². The van der Waals surface area contributed by atoms with Crippen molar-refractivity contribution in [1.29, 1.82) is 0 Å². The van der Waals surface area contributed by atoms with Gasteiger partial charge in [-0.1, -0.05) is 19.3 Å². The Labute approximate surface area is 121 Å². The van der Waals surface area contributed by atoms with Crippen molar-refractivity contribution in [2.45, 2.75) is 51.0 Å². The van der Waals surface area contributed by atoms with Gasteiger partial charge in [-0.05, 0) is 53.7 Å². The smallest absolute Gasteiger partial charge is 0.143 e. The average molecular weight is 333 g/mol. The van der Waals surface area contributed by atoms with Gasteiger partial charge in [0.2, 0.25) is 0 Å². The van der Waals surface area contributed by atoms with Gasteiger partial charge in [0.05, 0.1) is 10.1 Å². The summed E-state index contributed by atoms with van der Waals surface area (Å²) < 4.78 is 28.0. The third kappa shape index (κ3) is 3.34. The second-order valence-corrected chi connectivity index (χ2v) is 6.54. The first-order valence-corrected chi connectivity index (χ1v) is 7.56. The van der Waals surface area contributed by atoms with Crippen LogP contribution in [0, 0.1) is 17.6 Å². The molecule has 19 heavy (non-hydrogen) atoms. The maximum absolute atomic E-state index is 14.0. The Hall–Kier alpha value is -0.480. The molecule has 1 unspecified atom stereocenters. The standard InChI is InChI=1S/C15H19BrF2O/c1-15(19,10-5-3-2-4-6-10)9-11-13(17)8-7-12(16)14(11)18/h7-8,10,19H,2-6,9H2,1H3. The van der Waals surface area contributed by atoms with Gasteiger partial charge in [-0.15, -0.1) is 0 Å². The lowest BCUT2D eigenvalue weighted by molar-refractivity contribution is -0.0172. The highest BCUT2D eigenvalue weighted by Crippen LogP contribution is 2.36. The first kappa shape index (κ1) is 14.9. The molecule has 106 valence electrons. The molecule has 1 aliphatic carbocycles. The SMILES string of the molecule is CC(O)(Cc1c(F)ccc(Br)c1F)C1CCCCC1. The van der Waals surface area contributed by atoms with Gasteiger partial charge in [0.15, 0.2) is 0 Å². The van der Waals surface area contributed by atoms with E-state index >= 15 is 0 Å². The van der Waals surface area contributed by atoms with Crippen LogP contribution >= 0.6 is 15.9 Å². The fourth-order valence-electron chi connectivity index (χ4n) is 2.96. The fourth-order valence-corrected chi connectivity index (χ4v) is 3.33. The maximum Gasteiger partial charge on any atom is 0.143 e. The Balaban J connectivity index is 2.22. The molecule has 0 heterocycles. The highest BCUT2D eigenvalue weighted by molar-refractivity contribution is 9.10. The highest BCUT2D eigenvalue weighted by atomic mass is 79.9. The van der Waals surface area contributed by atoms with Gasteiger partial charge in [-0.2, -0.15) is 0 Å². The van der Waals surface area contributed by atoms with Crippen molar-refractivity contribution in [3.8, 4) is 0 Å². The van der Waals surface area contributed by atoms with Crippen LogP contribution in [0.15, 0.2) is 16.6 Å². The fraction of sp³-hybridized carbons (Fsp3) is 0.600. The van der Waals surface area contributed by atoms with Crippen molar-refractivity contribution in [1.82, 2.24) is 0 Å². The molecule has 0 saturated heterocycles. The minimum Gasteiger partial charge on any atom is -0.390 e. The molecular formula is C15H19BrF2O. The Morgan fingerprint density at radius 1 is 1.26 bits per heavy atom. The van der Waals surface area contributed by atoms with E-state index in [4.69, 9.17) is 0 Å². The summed E-state index contributed by atoms with van der Waals surface area (Å²) in [6.07, 6.45) is 5.25. The molecule has 1 nitrogen and oxygen atoms in total. The summed E-state index contributed by atoms with van der Waals surface area (Å²) in [6, 6.07) is 2.59. The minimum atomic E-state index is -1.05. The molecule has 1 aliphatic rings. The molecule has 1 saturated carbocycles. The average Bonchev–Trinajstić information content (AvgIpc) is 2.40. The molecule has 0 bridgehead atoms. The molecule has 1 aromatic rings. The molecule has 1 atom stereocenters. The van der Waals surface area contributed by atoms with Crippen molar-refractivity contribution < 1.29 is 13.9 Å². The van der Waals surface area contributed by atoms with E-state index in [1.807, 2.05) is 0 Å². The highest BCUT2D eigenvalue weighted by Gasteiger charge is 2.34. The van der Waals surface area contributed by atoms with Crippen molar-refractivity contribution >= 4 is 15.9 Å². The summed E-state index contributed by atoms with van der Waals surface area (Å²) in [5.41, 5.74) is -1.08. The van der Waals surface area contributed by atoms with Crippen LogP contribution < -0.4 is 0 Å². The van der Waals surface area contributed by atoms with E-state index < -0.39 is 17.2 Å². The van der Waals surface area contributed by atoms with E-state index in [9.17, 15) is 13.9 Å². The number of benzene rings is 1. The quantitative estimate of drug-likeness (QED) is 0.802. The lowest BCUT2D eigenvalue weighted by Crippen LogP contribution is -2.38. The van der Waals surface area contributed by atoms with Gasteiger partial charge in [0.25, 0.3) is 0 Å². The van der Waals surface area contributed by atoms with Gasteiger partial charge in [0.1, 0.15) is 11.6 Å². The van der Waals surface area contributed by atoms with Crippen LogP contribution in [0.25, 0.3) is 0 Å². The molecule has 1 fully saturated rings. The monoisotopic (exact) mass is 332 g/mol. The molecular weight excluding hydrogens is 314 g/mol. The predicted octanol–water partition coefficient (Wildman–Crippen LogP) is 4.60. The van der Waals surface area contributed by atoms with E-state index in [1.165, 1.54) is 18.6 Å². The van der Waals surface area contributed by atoms with Crippen molar-refractivity contribution in [3.05, 3.63) is 33.8 Å². The van der Waals surface area contributed by atoms with E-state index in [0.717, 1.165) is 25.7 Å². The number of halogens is 3. The van der Waals surface area contributed by atoms with E-state index in [1.54, 1.807) is 6.92 Å².